The van der Waals surface area contributed by atoms with Crippen molar-refractivity contribution in [3.05, 3.63) is 18.2 Å². The summed E-state index contributed by atoms with van der Waals surface area (Å²) in [6, 6.07) is -4.84. The topological polar surface area (TPSA) is 287 Å². The zero-order chi connectivity index (χ0) is 28.8. The number of rotatable bonds is 17. The first kappa shape index (κ1) is 31.8. The molecule has 0 aromatic carbocycles. The van der Waals surface area contributed by atoms with Gasteiger partial charge >= 0.3 is 5.97 Å². The highest BCUT2D eigenvalue weighted by molar-refractivity contribution is 5.95. The Morgan fingerprint density at radius 1 is 1.05 bits per heavy atom. The second-order valence-corrected chi connectivity index (χ2v) is 8.84. The van der Waals surface area contributed by atoms with Crippen molar-refractivity contribution in [2.75, 3.05) is 6.54 Å². The van der Waals surface area contributed by atoms with Gasteiger partial charge < -0.3 is 49.0 Å². The van der Waals surface area contributed by atoms with Crippen molar-refractivity contribution < 1.29 is 29.1 Å². The van der Waals surface area contributed by atoms with E-state index in [9.17, 15) is 29.1 Å². The quantitative estimate of drug-likeness (QED) is 0.0543. The SMILES string of the molecule is CCC(C)C(NC(=O)C(CCCN=C(N)N)NC(=O)C(N)CC(N)=O)C(=O)NC(Cc1cnc[nH]1)C(=O)O. The van der Waals surface area contributed by atoms with Gasteiger partial charge in [-0.15, -0.1) is 0 Å². The van der Waals surface area contributed by atoms with E-state index in [0.717, 1.165) is 0 Å². The van der Waals surface area contributed by atoms with Gasteiger partial charge in [-0.1, -0.05) is 20.3 Å². The van der Waals surface area contributed by atoms with Crippen molar-refractivity contribution in [3.8, 4) is 0 Å². The molecule has 5 atom stereocenters. The van der Waals surface area contributed by atoms with Crippen LogP contribution in [-0.2, 0) is 30.4 Å². The molecule has 0 saturated carbocycles. The Bertz CT molecular complexity index is 979. The number of nitrogens with two attached hydrogens (primary N) is 4. The van der Waals surface area contributed by atoms with Crippen LogP contribution in [0, 0.1) is 5.92 Å². The number of carbonyl (C=O) groups is 5. The number of guanidine groups is 1. The standard InChI is InChI=1S/C22H38N10O6/c1-3-11(2)17(20(36)31-15(21(37)38)7-12-9-27-10-29-12)32-19(35)14(5-4-6-28-22(25)26)30-18(34)13(23)8-16(24)33/h9-11,13-15,17H,3-8,23H2,1-2H3,(H2,24,33)(H,27,29)(H,30,34)(H,31,36)(H,32,35)(H,37,38)(H4,25,26,28). The number of carboxylic acids is 1. The number of aromatic amines is 1. The summed E-state index contributed by atoms with van der Waals surface area (Å²) in [5.41, 5.74) is 21.9. The first-order chi connectivity index (χ1) is 17.8. The van der Waals surface area contributed by atoms with Gasteiger partial charge in [-0.3, -0.25) is 24.2 Å². The minimum absolute atomic E-state index is 0.0521. The average molecular weight is 539 g/mol. The highest BCUT2D eigenvalue weighted by atomic mass is 16.4. The largest absolute Gasteiger partial charge is 0.480 e. The fraction of sp³-hybridized carbons (Fsp3) is 0.591. The van der Waals surface area contributed by atoms with E-state index in [1.165, 1.54) is 12.5 Å². The Labute approximate surface area is 219 Å². The Morgan fingerprint density at radius 3 is 2.24 bits per heavy atom. The lowest BCUT2D eigenvalue weighted by molar-refractivity contribution is -0.142. The van der Waals surface area contributed by atoms with Crippen LogP contribution < -0.4 is 38.9 Å². The van der Waals surface area contributed by atoms with Gasteiger partial charge in [0, 0.05) is 24.9 Å². The monoisotopic (exact) mass is 538 g/mol. The molecule has 4 amide bonds. The lowest BCUT2D eigenvalue weighted by atomic mass is 9.96. The number of primary amides is 1. The van der Waals surface area contributed by atoms with E-state index < -0.39 is 66.1 Å². The molecule has 0 radical (unpaired) electrons. The van der Waals surface area contributed by atoms with E-state index in [1.54, 1.807) is 13.8 Å². The van der Waals surface area contributed by atoms with Gasteiger partial charge in [-0.2, -0.15) is 0 Å². The van der Waals surface area contributed by atoms with E-state index in [0.29, 0.717) is 12.1 Å². The first-order valence-corrected chi connectivity index (χ1v) is 12.1. The Hall–Kier alpha value is -4.21. The Morgan fingerprint density at radius 2 is 1.71 bits per heavy atom. The number of carboxylic acid groups (broad SMARTS) is 1. The fourth-order valence-electron chi connectivity index (χ4n) is 3.39. The normalized spacial score (nSPS) is 14.7. The number of aromatic nitrogens is 2. The summed E-state index contributed by atoms with van der Waals surface area (Å²) in [6.45, 7) is 3.68. The number of aliphatic carboxylic acids is 1. The highest BCUT2D eigenvalue weighted by Crippen LogP contribution is 2.11. The molecule has 1 aromatic rings. The number of aliphatic imine (C=N–C) groups is 1. The third-order valence-corrected chi connectivity index (χ3v) is 5.72. The van der Waals surface area contributed by atoms with E-state index >= 15 is 0 Å². The van der Waals surface area contributed by atoms with Crippen molar-refractivity contribution in [1.82, 2.24) is 25.9 Å². The molecule has 0 aliphatic heterocycles. The second-order valence-electron chi connectivity index (χ2n) is 8.84. The van der Waals surface area contributed by atoms with Crippen LogP contribution in [0.5, 0.6) is 0 Å². The predicted octanol–water partition coefficient (Wildman–Crippen LogP) is -3.21. The lowest BCUT2D eigenvalue weighted by Gasteiger charge is -2.28. The molecule has 38 heavy (non-hydrogen) atoms. The zero-order valence-electron chi connectivity index (χ0n) is 21.5. The van der Waals surface area contributed by atoms with Crippen LogP contribution in [0.2, 0.25) is 0 Å². The van der Waals surface area contributed by atoms with E-state index in [2.05, 4.69) is 30.9 Å². The Balaban J connectivity index is 3.05. The minimum atomic E-state index is -1.28. The molecule has 1 heterocycles. The van der Waals surface area contributed by atoms with Crippen molar-refractivity contribution >= 4 is 35.6 Å². The van der Waals surface area contributed by atoms with Gasteiger partial charge in [0.2, 0.25) is 23.6 Å². The van der Waals surface area contributed by atoms with Crippen molar-refractivity contribution in [2.24, 2.45) is 33.8 Å². The maximum Gasteiger partial charge on any atom is 0.326 e. The predicted molar refractivity (Wildman–Crippen MR) is 137 cm³/mol. The molecule has 0 aliphatic rings. The maximum atomic E-state index is 13.2. The summed E-state index contributed by atoms with van der Waals surface area (Å²) in [6.07, 6.45) is 3.17. The molecule has 16 heteroatoms. The second kappa shape index (κ2) is 15.8. The maximum absolute atomic E-state index is 13.2. The van der Waals surface area contributed by atoms with Crippen LogP contribution in [0.4, 0.5) is 0 Å². The first-order valence-electron chi connectivity index (χ1n) is 12.1. The molecular weight excluding hydrogens is 500 g/mol. The van der Waals surface area contributed by atoms with Crippen LogP contribution >= 0.6 is 0 Å². The van der Waals surface area contributed by atoms with Crippen LogP contribution in [-0.4, -0.2) is 81.3 Å². The zero-order valence-corrected chi connectivity index (χ0v) is 21.5. The summed E-state index contributed by atoms with van der Waals surface area (Å²) >= 11 is 0. The van der Waals surface area contributed by atoms with Crippen LogP contribution in [0.3, 0.4) is 0 Å². The number of H-pyrrole nitrogens is 1. The number of nitrogens with one attached hydrogen (secondary N) is 4. The molecule has 1 rings (SSSR count). The summed E-state index contributed by atoms with van der Waals surface area (Å²) in [5.74, 6) is -4.81. The molecule has 5 unspecified atom stereocenters. The van der Waals surface area contributed by atoms with Crippen LogP contribution in [0.15, 0.2) is 17.5 Å². The van der Waals surface area contributed by atoms with Gasteiger partial charge in [0.05, 0.1) is 18.8 Å². The van der Waals surface area contributed by atoms with Gasteiger partial charge in [0.25, 0.3) is 0 Å². The molecule has 0 fully saturated rings. The summed E-state index contributed by atoms with van der Waals surface area (Å²) in [7, 11) is 0. The molecule has 0 aliphatic carbocycles. The van der Waals surface area contributed by atoms with Crippen LogP contribution in [0.25, 0.3) is 0 Å². The average Bonchev–Trinajstić information content (AvgIpc) is 3.35. The van der Waals surface area contributed by atoms with E-state index in [4.69, 9.17) is 22.9 Å². The molecule has 0 spiro atoms. The molecule has 0 saturated heterocycles. The van der Waals surface area contributed by atoms with Crippen LogP contribution in [0.1, 0.15) is 45.2 Å². The number of amides is 4. The molecule has 1 aromatic heterocycles. The summed E-state index contributed by atoms with van der Waals surface area (Å²) in [4.78, 5) is 72.1. The number of nitrogens with zero attached hydrogens (tertiary/aromatic N) is 2. The Kier molecular flexibility index (Phi) is 13.2. The third-order valence-electron chi connectivity index (χ3n) is 5.72. The van der Waals surface area contributed by atoms with E-state index in [-0.39, 0.29) is 31.8 Å². The molecule has 13 N–H and O–H groups in total. The van der Waals surface area contributed by atoms with Gasteiger partial charge in [0.15, 0.2) is 5.96 Å². The number of imidazole rings is 1. The van der Waals surface area contributed by atoms with Gasteiger partial charge in [-0.05, 0) is 18.8 Å². The van der Waals surface area contributed by atoms with Gasteiger partial charge in [0.1, 0.15) is 18.1 Å². The van der Waals surface area contributed by atoms with Crippen molar-refractivity contribution in [3.63, 3.8) is 0 Å². The van der Waals surface area contributed by atoms with Gasteiger partial charge in [-0.25, -0.2) is 9.78 Å². The summed E-state index contributed by atoms with van der Waals surface area (Å²) in [5, 5.41) is 17.1. The molecule has 16 nitrogen and oxygen atoms in total. The van der Waals surface area contributed by atoms with Crippen molar-refractivity contribution in [1.29, 1.82) is 0 Å². The molecular formula is C22H38N10O6. The smallest absolute Gasteiger partial charge is 0.326 e. The number of hydrogen-bond donors (Lipinski definition) is 9. The fourth-order valence-corrected chi connectivity index (χ4v) is 3.39. The number of carbonyl (C=O) groups excluding carboxylic acids is 4. The van der Waals surface area contributed by atoms with E-state index in [1.807, 2.05) is 0 Å². The highest BCUT2D eigenvalue weighted by Gasteiger charge is 2.33. The molecule has 0 bridgehead atoms. The number of hydrogen-bond acceptors (Lipinski definition) is 8. The molecule has 212 valence electrons. The third kappa shape index (κ3) is 11.2. The lowest BCUT2D eigenvalue weighted by Crippen LogP contribution is -2.59. The minimum Gasteiger partial charge on any atom is -0.480 e. The summed E-state index contributed by atoms with van der Waals surface area (Å²) < 4.78 is 0. The van der Waals surface area contributed by atoms with Crippen molar-refractivity contribution in [2.45, 2.75) is 70.1 Å².